The Balaban J connectivity index is 1.79. The van der Waals surface area contributed by atoms with Gasteiger partial charge in [-0.2, -0.15) is 0 Å². The number of nitrogens with zero attached hydrogens (tertiary/aromatic N) is 2. The van der Waals surface area contributed by atoms with Crippen molar-refractivity contribution in [3.63, 3.8) is 0 Å². The number of carbonyl (C=O) groups is 1. The molecule has 0 radical (unpaired) electrons. The first kappa shape index (κ1) is 17.8. The zero-order valence-corrected chi connectivity index (χ0v) is 14.3. The van der Waals surface area contributed by atoms with Crippen molar-refractivity contribution in [2.75, 3.05) is 39.4 Å². The highest BCUT2D eigenvalue weighted by Crippen LogP contribution is 2.45. The Labute approximate surface area is 138 Å². The first-order valence-electron chi connectivity index (χ1n) is 8.70. The summed E-state index contributed by atoms with van der Waals surface area (Å²) in [6.45, 7) is 7.38. The van der Waals surface area contributed by atoms with Crippen LogP contribution in [0.15, 0.2) is 4.99 Å². The third-order valence-electron chi connectivity index (χ3n) is 4.57. The molecular formula is C16H30N4O3. The summed E-state index contributed by atoms with van der Waals surface area (Å²) in [6.07, 6.45) is 3.67. The van der Waals surface area contributed by atoms with Gasteiger partial charge in [0.25, 0.3) is 0 Å². The number of aliphatic hydroxyl groups is 1. The van der Waals surface area contributed by atoms with Crippen LogP contribution in [-0.4, -0.2) is 67.5 Å². The second-order valence-corrected chi connectivity index (χ2v) is 6.46. The number of hydrogen-bond donors (Lipinski definition) is 3. The van der Waals surface area contributed by atoms with Gasteiger partial charge in [-0.05, 0) is 39.5 Å². The van der Waals surface area contributed by atoms with Gasteiger partial charge in [0.15, 0.2) is 5.96 Å². The van der Waals surface area contributed by atoms with Crippen LogP contribution in [0.3, 0.4) is 0 Å². The summed E-state index contributed by atoms with van der Waals surface area (Å²) >= 11 is 0. The molecule has 0 aromatic rings. The molecule has 0 aromatic carbocycles. The summed E-state index contributed by atoms with van der Waals surface area (Å²) in [5.74, 6) is 0.807. The molecule has 1 aliphatic carbocycles. The largest absolute Gasteiger partial charge is 0.450 e. The van der Waals surface area contributed by atoms with Crippen molar-refractivity contribution in [2.45, 2.75) is 45.6 Å². The molecule has 132 valence electrons. The zero-order valence-electron chi connectivity index (χ0n) is 14.3. The maximum Gasteiger partial charge on any atom is 0.409 e. The third-order valence-corrected chi connectivity index (χ3v) is 4.57. The van der Waals surface area contributed by atoms with Gasteiger partial charge in [-0.3, -0.25) is 4.99 Å². The fourth-order valence-electron chi connectivity index (χ4n) is 2.72. The average Bonchev–Trinajstić information content (AvgIpc) is 3.34. The van der Waals surface area contributed by atoms with E-state index in [4.69, 9.17) is 4.74 Å². The molecular weight excluding hydrogens is 296 g/mol. The van der Waals surface area contributed by atoms with Crippen molar-refractivity contribution in [2.24, 2.45) is 10.4 Å². The van der Waals surface area contributed by atoms with Gasteiger partial charge in [-0.15, -0.1) is 0 Å². The van der Waals surface area contributed by atoms with Gasteiger partial charge < -0.3 is 25.4 Å². The Morgan fingerprint density at radius 1 is 1.35 bits per heavy atom. The number of nitrogens with one attached hydrogen (secondary N) is 2. The van der Waals surface area contributed by atoms with Gasteiger partial charge >= 0.3 is 6.09 Å². The van der Waals surface area contributed by atoms with Crippen molar-refractivity contribution in [1.29, 1.82) is 0 Å². The molecule has 7 heteroatoms. The van der Waals surface area contributed by atoms with Crippen molar-refractivity contribution in [1.82, 2.24) is 15.5 Å². The number of guanidine groups is 1. The van der Waals surface area contributed by atoms with Gasteiger partial charge in [0.2, 0.25) is 0 Å². The molecule has 1 heterocycles. The van der Waals surface area contributed by atoms with E-state index in [1.165, 1.54) is 0 Å². The number of carbonyl (C=O) groups excluding carboxylic acids is 1. The maximum absolute atomic E-state index is 11.7. The summed E-state index contributed by atoms with van der Waals surface area (Å²) in [4.78, 5) is 18.1. The van der Waals surface area contributed by atoms with E-state index in [9.17, 15) is 9.90 Å². The highest BCUT2D eigenvalue weighted by atomic mass is 16.6. The molecule has 0 atom stereocenters. The number of piperidine rings is 1. The third kappa shape index (κ3) is 5.27. The summed E-state index contributed by atoms with van der Waals surface area (Å²) in [5.41, 5.74) is 0.0234. The zero-order chi connectivity index (χ0) is 16.7. The minimum Gasteiger partial charge on any atom is -0.450 e. The fourth-order valence-corrected chi connectivity index (χ4v) is 2.72. The van der Waals surface area contributed by atoms with Crippen molar-refractivity contribution in [3.05, 3.63) is 0 Å². The van der Waals surface area contributed by atoms with Crippen LogP contribution in [0.4, 0.5) is 4.79 Å². The fraction of sp³-hybridized carbons (Fsp3) is 0.875. The van der Waals surface area contributed by atoms with Crippen LogP contribution in [0.1, 0.15) is 39.5 Å². The van der Waals surface area contributed by atoms with Crippen LogP contribution >= 0.6 is 0 Å². The molecule has 1 amide bonds. The van der Waals surface area contributed by atoms with E-state index in [2.05, 4.69) is 15.6 Å². The predicted octanol–water partition coefficient (Wildman–Crippen LogP) is 0.935. The molecule has 0 bridgehead atoms. The Bertz CT molecular complexity index is 416. The number of rotatable bonds is 6. The predicted molar refractivity (Wildman–Crippen MR) is 89.5 cm³/mol. The average molecular weight is 326 g/mol. The number of amides is 1. The maximum atomic E-state index is 11.7. The molecule has 1 saturated carbocycles. The van der Waals surface area contributed by atoms with E-state index in [0.29, 0.717) is 32.3 Å². The number of aliphatic imine (C=N–C) groups is 1. The Morgan fingerprint density at radius 3 is 2.57 bits per heavy atom. The molecule has 2 fully saturated rings. The SMILES string of the molecule is CCNC(=NCC1(CO)CC1)NC1CCN(C(=O)OCC)CC1. The lowest BCUT2D eigenvalue weighted by Crippen LogP contribution is -2.50. The second kappa shape index (κ2) is 8.38. The van der Waals surface area contributed by atoms with E-state index in [-0.39, 0.29) is 18.1 Å². The minimum absolute atomic E-state index is 0.0234. The molecule has 2 aliphatic rings. The smallest absolute Gasteiger partial charge is 0.409 e. The Morgan fingerprint density at radius 2 is 2.04 bits per heavy atom. The van der Waals surface area contributed by atoms with Crippen LogP contribution in [0.5, 0.6) is 0 Å². The van der Waals surface area contributed by atoms with Crippen molar-refractivity contribution < 1.29 is 14.6 Å². The normalized spacial score (nSPS) is 21.0. The minimum atomic E-state index is -0.217. The number of hydrogen-bond acceptors (Lipinski definition) is 4. The van der Waals surface area contributed by atoms with Crippen molar-refractivity contribution >= 4 is 12.1 Å². The molecule has 0 spiro atoms. The van der Waals surface area contributed by atoms with Crippen LogP contribution in [-0.2, 0) is 4.74 Å². The first-order chi connectivity index (χ1) is 11.1. The van der Waals surface area contributed by atoms with Gasteiger partial charge in [-0.25, -0.2) is 4.79 Å². The van der Waals surface area contributed by atoms with Gasteiger partial charge in [0.1, 0.15) is 0 Å². The van der Waals surface area contributed by atoms with Gasteiger partial charge in [0, 0.05) is 31.1 Å². The first-order valence-corrected chi connectivity index (χ1v) is 8.70. The Hall–Kier alpha value is -1.50. The number of aliphatic hydroxyl groups excluding tert-OH is 1. The summed E-state index contributed by atoms with van der Waals surface area (Å²) in [7, 11) is 0. The van der Waals surface area contributed by atoms with Crippen LogP contribution in [0, 0.1) is 5.41 Å². The Kier molecular flexibility index (Phi) is 6.50. The highest BCUT2D eigenvalue weighted by Gasteiger charge is 2.41. The van der Waals surface area contributed by atoms with Crippen molar-refractivity contribution in [3.8, 4) is 0 Å². The second-order valence-electron chi connectivity index (χ2n) is 6.46. The van der Waals surface area contributed by atoms with E-state index in [0.717, 1.165) is 38.2 Å². The molecule has 1 aliphatic heterocycles. The molecule has 0 unspecified atom stereocenters. The van der Waals surface area contributed by atoms with Gasteiger partial charge in [-0.1, -0.05) is 0 Å². The van der Waals surface area contributed by atoms with Crippen LogP contribution in [0.2, 0.25) is 0 Å². The van der Waals surface area contributed by atoms with Crippen LogP contribution in [0.25, 0.3) is 0 Å². The molecule has 0 aromatic heterocycles. The van der Waals surface area contributed by atoms with E-state index in [1.54, 1.807) is 4.90 Å². The molecule has 2 rings (SSSR count). The lowest BCUT2D eigenvalue weighted by Gasteiger charge is -2.32. The number of likely N-dealkylation sites (tertiary alicyclic amines) is 1. The molecule has 7 nitrogen and oxygen atoms in total. The summed E-state index contributed by atoms with van der Waals surface area (Å²) in [6, 6.07) is 0.308. The van der Waals surface area contributed by atoms with E-state index in [1.807, 2.05) is 13.8 Å². The standard InChI is InChI=1S/C16H30N4O3/c1-3-17-14(18-11-16(12-21)7-8-16)19-13-5-9-20(10-6-13)15(22)23-4-2/h13,21H,3-12H2,1-2H3,(H2,17,18,19). The van der Waals surface area contributed by atoms with E-state index < -0.39 is 0 Å². The molecule has 23 heavy (non-hydrogen) atoms. The topological polar surface area (TPSA) is 86.2 Å². The highest BCUT2D eigenvalue weighted by molar-refractivity contribution is 5.80. The quantitative estimate of drug-likeness (QED) is 0.499. The van der Waals surface area contributed by atoms with Gasteiger partial charge in [0.05, 0.1) is 19.8 Å². The van der Waals surface area contributed by atoms with E-state index >= 15 is 0 Å². The monoisotopic (exact) mass is 326 g/mol. The van der Waals surface area contributed by atoms with Crippen LogP contribution < -0.4 is 10.6 Å². The summed E-state index contributed by atoms with van der Waals surface area (Å²) < 4.78 is 5.04. The molecule has 3 N–H and O–H groups in total. The lowest BCUT2D eigenvalue weighted by atomic mass is 10.1. The molecule has 1 saturated heterocycles. The number of ether oxygens (including phenoxy) is 1. The lowest BCUT2D eigenvalue weighted by molar-refractivity contribution is 0.0963. The summed E-state index contributed by atoms with van der Waals surface area (Å²) in [5, 5.41) is 16.1.